The first-order valence-corrected chi connectivity index (χ1v) is 6.78. The summed E-state index contributed by atoms with van der Waals surface area (Å²) in [5.41, 5.74) is 1.23. The van der Waals surface area contributed by atoms with E-state index < -0.39 is 0 Å². The van der Waals surface area contributed by atoms with E-state index in [0.29, 0.717) is 0 Å². The van der Waals surface area contributed by atoms with Gasteiger partial charge in [-0.2, -0.15) is 0 Å². The molecule has 5 heteroatoms. The average molecular weight is 262 g/mol. The molecule has 2 heterocycles. The average Bonchev–Trinajstić information content (AvgIpc) is 2.47. The SMILES string of the molecule is CNC(C)C(=O)N1CCN(Cc2cccnc2)CC1. The van der Waals surface area contributed by atoms with Crippen LogP contribution in [0.1, 0.15) is 12.5 Å². The molecule has 1 aromatic heterocycles. The van der Waals surface area contributed by atoms with E-state index in [1.807, 2.05) is 31.1 Å². The smallest absolute Gasteiger partial charge is 0.239 e. The van der Waals surface area contributed by atoms with Crippen LogP contribution < -0.4 is 5.32 Å². The Hall–Kier alpha value is -1.46. The lowest BCUT2D eigenvalue weighted by Crippen LogP contribution is -2.52. The van der Waals surface area contributed by atoms with Crippen LogP contribution in [0.5, 0.6) is 0 Å². The lowest BCUT2D eigenvalue weighted by molar-refractivity contribution is -0.134. The zero-order valence-corrected chi connectivity index (χ0v) is 11.7. The third kappa shape index (κ3) is 3.75. The molecule has 0 aliphatic carbocycles. The molecule has 2 rings (SSSR count). The van der Waals surface area contributed by atoms with Gasteiger partial charge in [0.05, 0.1) is 6.04 Å². The van der Waals surface area contributed by atoms with Gasteiger partial charge in [-0.25, -0.2) is 0 Å². The first-order chi connectivity index (χ1) is 9.20. The van der Waals surface area contributed by atoms with Gasteiger partial charge in [-0.1, -0.05) is 6.07 Å². The fraction of sp³-hybridized carbons (Fsp3) is 0.571. The van der Waals surface area contributed by atoms with Gasteiger partial charge in [0.15, 0.2) is 0 Å². The molecule has 0 saturated carbocycles. The number of aromatic nitrogens is 1. The van der Waals surface area contributed by atoms with E-state index in [1.54, 1.807) is 6.20 Å². The molecule has 104 valence electrons. The van der Waals surface area contributed by atoms with Crippen molar-refractivity contribution in [2.45, 2.75) is 19.5 Å². The lowest BCUT2D eigenvalue weighted by Gasteiger charge is -2.35. The molecule has 1 aliphatic rings. The normalized spacial score (nSPS) is 18.3. The maximum Gasteiger partial charge on any atom is 0.239 e. The zero-order chi connectivity index (χ0) is 13.7. The molecule has 0 bridgehead atoms. The number of rotatable bonds is 4. The van der Waals surface area contributed by atoms with Crippen molar-refractivity contribution in [1.82, 2.24) is 20.1 Å². The van der Waals surface area contributed by atoms with Gasteiger partial charge in [0, 0.05) is 45.1 Å². The Morgan fingerprint density at radius 2 is 2.16 bits per heavy atom. The number of nitrogens with one attached hydrogen (secondary N) is 1. The van der Waals surface area contributed by atoms with Crippen molar-refractivity contribution in [1.29, 1.82) is 0 Å². The van der Waals surface area contributed by atoms with E-state index in [4.69, 9.17) is 0 Å². The van der Waals surface area contributed by atoms with Crippen molar-refractivity contribution >= 4 is 5.91 Å². The maximum atomic E-state index is 12.0. The van der Waals surface area contributed by atoms with Gasteiger partial charge < -0.3 is 10.2 Å². The fourth-order valence-electron chi connectivity index (χ4n) is 2.27. The van der Waals surface area contributed by atoms with Crippen LogP contribution in [-0.2, 0) is 11.3 Å². The number of hydrogen-bond donors (Lipinski definition) is 1. The fourth-order valence-corrected chi connectivity index (χ4v) is 2.27. The molecular weight excluding hydrogens is 240 g/mol. The highest BCUT2D eigenvalue weighted by Crippen LogP contribution is 2.08. The van der Waals surface area contributed by atoms with E-state index >= 15 is 0 Å². The summed E-state index contributed by atoms with van der Waals surface area (Å²) in [6.45, 7) is 6.30. The summed E-state index contributed by atoms with van der Waals surface area (Å²) in [5.74, 6) is 0.198. The zero-order valence-electron chi connectivity index (χ0n) is 11.7. The highest BCUT2D eigenvalue weighted by atomic mass is 16.2. The molecule has 1 amide bonds. The molecule has 19 heavy (non-hydrogen) atoms. The summed E-state index contributed by atoms with van der Waals surface area (Å²) >= 11 is 0. The van der Waals surface area contributed by atoms with Crippen molar-refractivity contribution in [3.05, 3.63) is 30.1 Å². The van der Waals surface area contributed by atoms with Gasteiger partial charge in [-0.15, -0.1) is 0 Å². The van der Waals surface area contributed by atoms with Gasteiger partial charge in [0.2, 0.25) is 5.91 Å². The molecule has 0 radical (unpaired) electrons. The van der Waals surface area contributed by atoms with E-state index in [2.05, 4.69) is 21.3 Å². The quantitative estimate of drug-likeness (QED) is 0.850. The predicted molar refractivity (Wildman–Crippen MR) is 74.6 cm³/mol. The molecule has 1 unspecified atom stereocenters. The monoisotopic (exact) mass is 262 g/mol. The summed E-state index contributed by atoms with van der Waals surface area (Å²) in [5, 5.41) is 3.00. The van der Waals surface area contributed by atoms with Crippen molar-refractivity contribution in [3.63, 3.8) is 0 Å². The van der Waals surface area contributed by atoms with Crippen LogP contribution in [-0.4, -0.2) is 60.0 Å². The number of pyridine rings is 1. The molecule has 1 atom stereocenters. The Morgan fingerprint density at radius 3 is 2.74 bits per heavy atom. The number of amides is 1. The highest BCUT2D eigenvalue weighted by molar-refractivity contribution is 5.81. The van der Waals surface area contributed by atoms with E-state index in [9.17, 15) is 4.79 Å². The van der Waals surface area contributed by atoms with Crippen LogP contribution in [0, 0.1) is 0 Å². The molecule has 5 nitrogen and oxygen atoms in total. The minimum absolute atomic E-state index is 0.0927. The molecule has 1 aliphatic heterocycles. The van der Waals surface area contributed by atoms with Crippen molar-refractivity contribution in [2.24, 2.45) is 0 Å². The Balaban J connectivity index is 1.81. The number of likely N-dealkylation sites (N-methyl/N-ethyl adjacent to an activating group) is 1. The molecule has 0 spiro atoms. The number of carbonyl (C=O) groups is 1. The van der Waals surface area contributed by atoms with Gasteiger partial charge in [-0.3, -0.25) is 14.7 Å². The third-order valence-corrected chi connectivity index (χ3v) is 3.62. The van der Waals surface area contributed by atoms with Crippen molar-refractivity contribution in [3.8, 4) is 0 Å². The number of nitrogens with zero attached hydrogens (tertiary/aromatic N) is 3. The predicted octanol–water partition coefficient (Wildman–Crippen LogP) is 0.334. The number of hydrogen-bond acceptors (Lipinski definition) is 4. The molecule has 1 saturated heterocycles. The molecular formula is C14H22N4O. The topological polar surface area (TPSA) is 48.5 Å². The Labute approximate surface area is 114 Å². The lowest BCUT2D eigenvalue weighted by atomic mass is 10.2. The summed E-state index contributed by atoms with van der Waals surface area (Å²) in [7, 11) is 1.82. The number of carbonyl (C=O) groups excluding carboxylic acids is 1. The van der Waals surface area contributed by atoms with Gasteiger partial charge >= 0.3 is 0 Å². The van der Waals surface area contributed by atoms with Gasteiger partial charge in [0.1, 0.15) is 0 Å². The maximum absolute atomic E-state index is 12.0. The minimum Gasteiger partial charge on any atom is -0.339 e. The first kappa shape index (κ1) is 14.0. The van der Waals surface area contributed by atoms with Gasteiger partial charge in [-0.05, 0) is 25.6 Å². The molecule has 0 aromatic carbocycles. The van der Waals surface area contributed by atoms with E-state index in [-0.39, 0.29) is 11.9 Å². The summed E-state index contributed by atoms with van der Waals surface area (Å²) < 4.78 is 0. The molecule has 1 fully saturated rings. The minimum atomic E-state index is -0.0927. The largest absolute Gasteiger partial charge is 0.339 e. The summed E-state index contributed by atoms with van der Waals surface area (Å²) in [4.78, 5) is 20.5. The summed E-state index contributed by atoms with van der Waals surface area (Å²) in [6.07, 6.45) is 3.69. The second-order valence-corrected chi connectivity index (χ2v) is 4.97. The standard InChI is InChI=1S/C14H22N4O/c1-12(15-2)14(19)18-8-6-17(7-9-18)11-13-4-3-5-16-10-13/h3-5,10,12,15H,6-9,11H2,1-2H3. The van der Waals surface area contributed by atoms with Gasteiger partial charge in [0.25, 0.3) is 0 Å². The Morgan fingerprint density at radius 1 is 1.42 bits per heavy atom. The van der Waals surface area contributed by atoms with E-state index in [1.165, 1.54) is 5.56 Å². The first-order valence-electron chi connectivity index (χ1n) is 6.78. The Kier molecular flexibility index (Phi) is 4.87. The molecule has 1 aromatic rings. The van der Waals surface area contributed by atoms with Crippen LogP contribution >= 0.6 is 0 Å². The second-order valence-electron chi connectivity index (χ2n) is 4.97. The van der Waals surface area contributed by atoms with Crippen LogP contribution in [0.25, 0.3) is 0 Å². The molecule has 1 N–H and O–H groups in total. The number of piperazine rings is 1. The second kappa shape index (κ2) is 6.63. The third-order valence-electron chi connectivity index (χ3n) is 3.62. The van der Waals surface area contributed by atoms with Crippen molar-refractivity contribution < 1.29 is 4.79 Å². The van der Waals surface area contributed by atoms with Crippen LogP contribution in [0.15, 0.2) is 24.5 Å². The Bertz CT molecular complexity index is 401. The summed E-state index contributed by atoms with van der Waals surface area (Å²) in [6, 6.07) is 3.96. The van der Waals surface area contributed by atoms with Crippen molar-refractivity contribution in [2.75, 3.05) is 33.2 Å². The van der Waals surface area contributed by atoms with Crippen LogP contribution in [0.2, 0.25) is 0 Å². The van der Waals surface area contributed by atoms with E-state index in [0.717, 1.165) is 32.7 Å². The highest BCUT2D eigenvalue weighted by Gasteiger charge is 2.23. The van der Waals surface area contributed by atoms with Crippen LogP contribution in [0.3, 0.4) is 0 Å². The van der Waals surface area contributed by atoms with Crippen LogP contribution in [0.4, 0.5) is 0 Å².